The van der Waals surface area contributed by atoms with Gasteiger partial charge in [-0.2, -0.15) is 0 Å². The average Bonchev–Trinajstić information content (AvgIpc) is 2.40. The number of nitrogens with one attached hydrogen (secondary N) is 1. The number of amides is 1. The van der Waals surface area contributed by atoms with E-state index in [0.717, 1.165) is 38.7 Å². The van der Waals surface area contributed by atoms with Crippen LogP contribution in [0.25, 0.3) is 0 Å². The lowest BCUT2D eigenvalue weighted by Gasteiger charge is -2.32. The van der Waals surface area contributed by atoms with E-state index >= 15 is 0 Å². The Morgan fingerprint density at radius 1 is 1.24 bits per heavy atom. The monoisotopic (exact) mass is 240 g/mol. The van der Waals surface area contributed by atoms with Crippen molar-refractivity contribution in [2.45, 2.75) is 44.6 Å². The van der Waals surface area contributed by atoms with Crippen LogP contribution in [0.15, 0.2) is 0 Å². The van der Waals surface area contributed by atoms with E-state index in [0.29, 0.717) is 19.1 Å². The van der Waals surface area contributed by atoms with E-state index in [9.17, 15) is 4.79 Å². The molecule has 0 bridgehead atoms. The Morgan fingerprint density at radius 2 is 2.06 bits per heavy atom. The Hall–Kier alpha value is -0.610. The molecule has 3 atom stereocenters. The van der Waals surface area contributed by atoms with Gasteiger partial charge < -0.3 is 15.8 Å². The Kier molecular flexibility index (Phi) is 4.80. The summed E-state index contributed by atoms with van der Waals surface area (Å²) in [4.78, 5) is 12.2. The van der Waals surface area contributed by atoms with E-state index in [2.05, 4.69) is 5.32 Å². The predicted octanol–water partition coefficient (Wildman–Crippen LogP) is 1.05. The van der Waals surface area contributed by atoms with Gasteiger partial charge in [0.1, 0.15) is 0 Å². The molecule has 1 aliphatic heterocycles. The first kappa shape index (κ1) is 12.8. The molecule has 4 nitrogen and oxygen atoms in total. The zero-order valence-corrected chi connectivity index (χ0v) is 10.5. The van der Waals surface area contributed by atoms with E-state index in [1.165, 1.54) is 6.42 Å². The van der Waals surface area contributed by atoms with Gasteiger partial charge in [-0.1, -0.05) is 12.8 Å². The molecular weight excluding hydrogens is 216 g/mol. The van der Waals surface area contributed by atoms with Crippen LogP contribution >= 0.6 is 0 Å². The molecule has 0 aromatic heterocycles. The molecule has 98 valence electrons. The van der Waals surface area contributed by atoms with Crippen molar-refractivity contribution < 1.29 is 9.53 Å². The summed E-state index contributed by atoms with van der Waals surface area (Å²) in [6, 6.07) is 0.219. The van der Waals surface area contributed by atoms with Crippen molar-refractivity contribution in [1.29, 1.82) is 0 Å². The summed E-state index contributed by atoms with van der Waals surface area (Å²) in [5, 5.41) is 3.13. The van der Waals surface area contributed by atoms with E-state index in [-0.39, 0.29) is 17.9 Å². The second kappa shape index (κ2) is 6.36. The summed E-state index contributed by atoms with van der Waals surface area (Å²) in [6.07, 6.45) is 6.59. The van der Waals surface area contributed by atoms with Gasteiger partial charge in [0.2, 0.25) is 5.91 Å². The van der Waals surface area contributed by atoms with Gasteiger partial charge in [0, 0.05) is 12.5 Å². The lowest BCUT2D eigenvalue weighted by molar-refractivity contribution is -0.129. The van der Waals surface area contributed by atoms with Gasteiger partial charge in [0.05, 0.1) is 12.6 Å². The fourth-order valence-corrected chi connectivity index (χ4v) is 3.00. The smallest absolute Gasteiger partial charge is 0.223 e. The normalized spacial score (nSPS) is 34.3. The lowest BCUT2D eigenvalue weighted by atomic mass is 9.78. The Labute approximate surface area is 103 Å². The van der Waals surface area contributed by atoms with E-state index < -0.39 is 0 Å². The summed E-state index contributed by atoms with van der Waals surface area (Å²) in [6.45, 7) is 2.15. The SMILES string of the molecule is NCC1CCCCC1C(=O)NC1CCCOC1. The van der Waals surface area contributed by atoms with Crippen LogP contribution in [0.4, 0.5) is 0 Å². The highest BCUT2D eigenvalue weighted by atomic mass is 16.5. The maximum absolute atomic E-state index is 12.2. The van der Waals surface area contributed by atoms with Crippen LogP contribution in [0.1, 0.15) is 38.5 Å². The summed E-state index contributed by atoms with van der Waals surface area (Å²) < 4.78 is 5.38. The first-order valence-corrected chi connectivity index (χ1v) is 6.89. The minimum atomic E-state index is 0.135. The quantitative estimate of drug-likeness (QED) is 0.775. The van der Waals surface area contributed by atoms with Gasteiger partial charge in [0.15, 0.2) is 0 Å². The van der Waals surface area contributed by atoms with Gasteiger partial charge in [-0.15, -0.1) is 0 Å². The molecule has 4 heteroatoms. The molecule has 3 unspecified atom stereocenters. The molecule has 1 heterocycles. The van der Waals surface area contributed by atoms with Crippen LogP contribution in [-0.4, -0.2) is 31.7 Å². The van der Waals surface area contributed by atoms with Crippen molar-refractivity contribution in [3.63, 3.8) is 0 Å². The Morgan fingerprint density at radius 3 is 2.76 bits per heavy atom. The highest BCUT2D eigenvalue weighted by Gasteiger charge is 2.31. The highest BCUT2D eigenvalue weighted by Crippen LogP contribution is 2.29. The minimum absolute atomic E-state index is 0.135. The molecule has 1 saturated carbocycles. The molecule has 2 rings (SSSR count). The number of hydrogen-bond donors (Lipinski definition) is 2. The lowest BCUT2D eigenvalue weighted by Crippen LogP contribution is -2.46. The van der Waals surface area contributed by atoms with Gasteiger partial charge >= 0.3 is 0 Å². The van der Waals surface area contributed by atoms with Crippen molar-refractivity contribution in [1.82, 2.24) is 5.32 Å². The van der Waals surface area contributed by atoms with Crippen molar-refractivity contribution in [2.75, 3.05) is 19.8 Å². The van der Waals surface area contributed by atoms with E-state index in [1.54, 1.807) is 0 Å². The van der Waals surface area contributed by atoms with E-state index in [4.69, 9.17) is 10.5 Å². The van der Waals surface area contributed by atoms with Crippen LogP contribution in [0.2, 0.25) is 0 Å². The number of rotatable bonds is 3. The zero-order valence-electron chi connectivity index (χ0n) is 10.5. The first-order valence-electron chi connectivity index (χ1n) is 6.89. The van der Waals surface area contributed by atoms with Crippen LogP contribution in [0.3, 0.4) is 0 Å². The van der Waals surface area contributed by atoms with E-state index in [1.807, 2.05) is 0 Å². The van der Waals surface area contributed by atoms with Gasteiger partial charge in [0.25, 0.3) is 0 Å². The Balaban J connectivity index is 1.84. The molecule has 2 aliphatic rings. The number of nitrogens with two attached hydrogens (primary N) is 1. The second-order valence-corrected chi connectivity index (χ2v) is 5.31. The number of ether oxygens (including phenoxy) is 1. The summed E-state index contributed by atoms with van der Waals surface area (Å²) in [7, 11) is 0. The summed E-state index contributed by atoms with van der Waals surface area (Å²) in [5.74, 6) is 0.722. The molecule has 1 amide bonds. The molecule has 1 aliphatic carbocycles. The molecule has 0 aromatic carbocycles. The van der Waals surface area contributed by atoms with Crippen molar-refractivity contribution >= 4 is 5.91 Å². The molecule has 3 N–H and O–H groups in total. The fraction of sp³-hybridized carbons (Fsp3) is 0.923. The van der Waals surface area contributed by atoms with Gasteiger partial charge in [-0.3, -0.25) is 4.79 Å². The predicted molar refractivity (Wildman–Crippen MR) is 66.5 cm³/mol. The van der Waals surface area contributed by atoms with Crippen molar-refractivity contribution in [3.05, 3.63) is 0 Å². The van der Waals surface area contributed by atoms with Crippen molar-refractivity contribution in [3.8, 4) is 0 Å². The number of hydrogen-bond acceptors (Lipinski definition) is 3. The van der Waals surface area contributed by atoms with Crippen molar-refractivity contribution in [2.24, 2.45) is 17.6 Å². The molecule has 2 fully saturated rings. The first-order chi connectivity index (χ1) is 8.31. The standard InChI is InChI=1S/C13H24N2O2/c14-8-10-4-1-2-6-12(10)13(16)15-11-5-3-7-17-9-11/h10-12H,1-9,14H2,(H,15,16). The molecule has 0 radical (unpaired) electrons. The minimum Gasteiger partial charge on any atom is -0.379 e. The molecule has 0 spiro atoms. The largest absolute Gasteiger partial charge is 0.379 e. The third-order valence-electron chi connectivity index (χ3n) is 4.06. The topological polar surface area (TPSA) is 64.4 Å². The van der Waals surface area contributed by atoms with Gasteiger partial charge in [-0.25, -0.2) is 0 Å². The second-order valence-electron chi connectivity index (χ2n) is 5.31. The number of carbonyl (C=O) groups is 1. The van der Waals surface area contributed by atoms with Crippen LogP contribution in [0.5, 0.6) is 0 Å². The Bertz CT molecular complexity index is 252. The van der Waals surface area contributed by atoms with Crippen LogP contribution in [-0.2, 0) is 9.53 Å². The molecule has 0 aromatic rings. The molecular formula is C13H24N2O2. The molecule has 17 heavy (non-hydrogen) atoms. The number of carbonyl (C=O) groups excluding carboxylic acids is 1. The molecule has 1 saturated heterocycles. The third kappa shape index (κ3) is 3.42. The summed E-state index contributed by atoms with van der Waals surface area (Å²) >= 11 is 0. The highest BCUT2D eigenvalue weighted by molar-refractivity contribution is 5.79. The maximum atomic E-state index is 12.2. The maximum Gasteiger partial charge on any atom is 0.223 e. The zero-order chi connectivity index (χ0) is 12.1. The average molecular weight is 240 g/mol. The summed E-state index contributed by atoms with van der Waals surface area (Å²) in [5.41, 5.74) is 5.76. The fourth-order valence-electron chi connectivity index (χ4n) is 3.00. The third-order valence-corrected chi connectivity index (χ3v) is 4.06. The van der Waals surface area contributed by atoms with Gasteiger partial charge in [-0.05, 0) is 38.1 Å². The van der Waals surface area contributed by atoms with Crippen LogP contribution < -0.4 is 11.1 Å². The van der Waals surface area contributed by atoms with Crippen LogP contribution in [0, 0.1) is 11.8 Å².